The first-order valence-corrected chi connectivity index (χ1v) is 9.88. The number of fused-ring (bicyclic) bond motifs is 1. The van der Waals surface area contributed by atoms with Gasteiger partial charge in [0.25, 0.3) is 0 Å². The van der Waals surface area contributed by atoms with Gasteiger partial charge in [0.1, 0.15) is 17.0 Å². The Kier molecular flexibility index (Phi) is 3.49. The van der Waals surface area contributed by atoms with Crippen LogP contribution in [0.4, 0.5) is 0 Å². The Bertz CT molecular complexity index is 1180. The normalized spacial score (nSPS) is 19.1. The average Bonchev–Trinajstić information content (AvgIpc) is 3.01. The van der Waals surface area contributed by atoms with Crippen molar-refractivity contribution in [3.63, 3.8) is 0 Å². The van der Waals surface area contributed by atoms with E-state index in [1.54, 1.807) is 11.3 Å². The van der Waals surface area contributed by atoms with Crippen molar-refractivity contribution in [1.82, 2.24) is 34.3 Å². The molecule has 0 radical (unpaired) electrons. The predicted octanol–water partition coefficient (Wildman–Crippen LogP) is 3.42. The Hall–Kier alpha value is -2.61. The summed E-state index contributed by atoms with van der Waals surface area (Å²) in [6.07, 6.45) is 3.15. The quantitative estimate of drug-likeness (QED) is 0.545. The number of hydrogen-bond donors (Lipinski definition) is 0. The van der Waals surface area contributed by atoms with Crippen molar-refractivity contribution in [1.29, 1.82) is 0 Å². The van der Waals surface area contributed by atoms with Crippen LogP contribution < -0.4 is 0 Å². The van der Waals surface area contributed by atoms with Crippen molar-refractivity contribution in [2.24, 2.45) is 14.1 Å². The third-order valence-electron chi connectivity index (χ3n) is 5.42. The predicted molar refractivity (Wildman–Crippen MR) is 105 cm³/mol. The molecule has 0 spiro atoms. The molecule has 2 atom stereocenters. The van der Waals surface area contributed by atoms with E-state index in [-0.39, 0.29) is 0 Å². The Labute approximate surface area is 161 Å². The SMILES string of the molecule is Cc1ncc(C2CC2c2cc(-c3nc(C)c4nc(C)n(C)c4n3)n(C)n2)s1. The number of aromatic nitrogens is 7. The maximum Gasteiger partial charge on any atom is 0.180 e. The number of aryl methyl sites for hydroxylation is 5. The third kappa shape index (κ3) is 2.58. The van der Waals surface area contributed by atoms with Crippen molar-refractivity contribution in [2.45, 2.75) is 39.0 Å². The van der Waals surface area contributed by atoms with Crippen LogP contribution in [0.1, 0.15) is 45.4 Å². The highest BCUT2D eigenvalue weighted by atomic mass is 32.1. The standard InChI is InChI=1S/C19H21N7S/c1-9-17-19(25(4)10(2)22-17)23-18(21-9)15-7-14(24-26(15)5)12-6-13(12)16-8-20-11(3)27-16/h7-8,12-13H,6H2,1-5H3. The molecule has 0 aliphatic heterocycles. The van der Waals surface area contributed by atoms with Gasteiger partial charge in [0.05, 0.1) is 16.4 Å². The molecule has 4 heterocycles. The lowest BCUT2D eigenvalue weighted by molar-refractivity contribution is 0.743. The number of thiazole rings is 1. The largest absolute Gasteiger partial charge is 0.316 e. The highest BCUT2D eigenvalue weighted by molar-refractivity contribution is 7.11. The molecule has 5 rings (SSSR count). The van der Waals surface area contributed by atoms with Crippen molar-refractivity contribution in [3.8, 4) is 11.5 Å². The van der Waals surface area contributed by atoms with E-state index >= 15 is 0 Å². The summed E-state index contributed by atoms with van der Waals surface area (Å²) in [6.45, 7) is 6.03. The van der Waals surface area contributed by atoms with Crippen LogP contribution in [0.3, 0.4) is 0 Å². The number of rotatable bonds is 3. The third-order valence-corrected chi connectivity index (χ3v) is 6.46. The van der Waals surface area contributed by atoms with E-state index in [1.165, 1.54) is 4.88 Å². The van der Waals surface area contributed by atoms with E-state index in [1.807, 2.05) is 43.4 Å². The minimum absolute atomic E-state index is 0.466. The second-order valence-electron chi connectivity index (χ2n) is 7.33. The Morgan fingerprint density at radius 2 is 1.89 bits per heavy atom. The molecule has 138 valence electrons. The summed E-state index contributed by atoms with van der Waals surface area (Å²) >= 11 is 1.79. The molecule has 1 fully saturated rings. The van der Waals surface area contributed by atoms with Gasteiger partial charge in [-0.2, -0.15) is 5.10 Å². The summed E-state index contributed by atoms with van der Waals surface area (Å²) in [5.41, 5.74) is 4.68. The van der Waals surface area contributed by atoms with E-state index in [0.29, 0.717) is 17.7 Å². The highest BCUT2D eigenvalue weighted by Gasteiger charge is 2.42. The molecule has 0 bridgehead atoms. The zero-order valence-electron chi connectivity index (χ0n) is 16.1. The van der Waals surface area contributed by atoms with Gasteiger partial charge < -0.3 is 4.57 Å². The Balaban J connectivity index is 1.52. The maximum atomic E-state index is 4.78. The van der Waals surface area contributed by atoms with Crippen LogP contribution in [-0.2, 0) is 14.1 Å². The van der Waals surface area contributed by atoms with Crippen LogP contribution in [0.15, 0.2) is 12.3 Å². The number of hydrogen-bond acceptors (Lipinski definition) is 6. The minimum Gasteiger partial charge on any atom is -0.316 e. The number of imidazole rings is 1. The molecule has 4 aromatic rings. The monoisotopic (exact) mass is 379 g/mol. The summed E-state index contributed by atoms with van der Waals surface area (Å²) in [7, 11) is 3.95. The van der Waals surface area contributed by atoms with E-state index in [2.05, 4.69) is 23.0 Å². The molecule has 0 aromatic carbocycles. The molecule has 7 nitrogen and oxygen atoms in total. The van der Waals surface area contributed by atoms with Gasteiger partial charge >= 0.3 is 0 Å². The van der Waals surface area contributed by atoms with E-state index < -0.39 is 0 Å². The molecule has 4 aromatic heterocycles. The van der Waals surface area contributed by atoms with Gasteiger partial charge in [-0.3, -0.25) is 4.68 Å². The number of nitrogens with zero attached hydrogens (tertiary/aromatic N) is 7. The molecule has 1 aliphatic carbocycles. The Morgan fingerprint density at radius 3 is 2.63 bits per heavy atom. The second-order valence-corrected chi connectivity index (χ2v) is 8.60. The Morgan fingerprint density at radius 1 is 1.07 bits per heavy atom. The molecule has 0 amide bonds. The molecule has 27 heavy (non-hydrogen) atoms. The van der Waals surface area contributed by atoms with Crippen molar-refractivity contribution in [3.05, 3.63) is 39.4 Å². The van der Waals surface area contributed by atoms with Gasteiger partial charge in [-0.15, -0.1) is 11.3 Å². The van der Waals surface area contributed by atoms with E-state index in [9.17, 15) is 0 Å². The van der Waals surface area contributed by atoms with Gasteiger partial charge in [0, 0.05) is 37.0 Å². The van der Waals surface area contributed by atoms with Gasteiger partial charge in [-0.25, -0.2) is 19.9 Å². The zero-order valence-corrected chi connectivity index (χ0v) is 16.9. The summed E-state index contributed by atoms with van der Waals surface area (Å²) in [4.78, 5) is 19.8. The van der Waals surface area contributed by atoms with Gasteiger partial charge in [0.15, 0.2) is 11.5 Å². The van der Waals surface area contributed by atoms with Crippen LogP contribution in [0.2, 0.25) is 0 Å². The molecular weight excluding hydrogens is 358 g/mol. The van der Waals surface area contributed by atoms with E-state index in [0.717, 1.165) is 45.5 Å². The lowest BCUT2D eigenvalue weighted by Crippen LogP contribution is -2.01. The van der Waals surface area contributed by atoms with Crippen molar-refractivity contribution < 1.29 is 0 Å². The second kappa shape index (κ2) is 5.69. The first-order valence-electron chi connectivity index (χ1n) is 9.06. The van der Waals surface area contributed by atoms with Gasteiger partial charge in [-0.05, 0) is 33.3 Å². The lowest BCUT2D eigenvalue weighted by atomic mass is 10.2. The summed E-state index contributed by atoms with van der Waals surface area (Å²) < 4.78 is 3.90. The van der Waals surface area contributed by atoms with E-state index in [4.69, 9.17) is 15.1 Å². The fraction of sp³-hybridized carbons (Fsp3) is 0.421. The van der Waals surface area contributed by atoms with Crippen LogP contribution in [0.25, 0.3) is 22.7 Å². The summed E-state index contributed by atoms with van der Waals surface area (Å²) in [5, 5.41) is 5.89. The first-order chi connectivity index (χ1) is 12.9. The van der Waals surface area contributed by atoms with Gasteiger partial charge in [-0.1, -0.05) is 0 Å². The maximum absolute atomic E-state index is 4.78. The molecule has 0 N–H and O–H groups in total. The molecule has 1 saturated carbocycles. The molecular formula is C19H21N7S. The van der Waals surface area contributed by atoms with Crippen LogP contribution in [-0.4, -0.2) is 34.3 Å². The zero-order chi connectivity index (χ0) is 18.9. The summed E-state index contributed by atoms with van der Waals surface area (Å²) in [6, 6.07) is 2.14. The summed E-state index contributed by atoms with van der Waals surface area (Å²) in [5.74, 6) is 2.65. The molecule has 2 unspecified atom stereocenters. The van der Waals surface area contributed by atoms with Crippen molar-refractivity contribution in [2.75, 3.05) is 0 Å². The minimum atomic E-state index is 0.466. The topological polar surface area (TPSA) is 74.3 Å². The first kappa shape index (κ1) is 16.6. The fourth-order valence-corrected chi connectivity index (χ4v) is 4.65. The van der Waals surface area contributed by atoms with Crippen molar-refractivity contribution >= 4 is 22.5 Å². The fourth-order valence-electron chi connectivity index (χ4n) is 3.69. The smallest absolute Gasteiger partial charge is 0.180 e. The molecule has 0 saturated heterocycles. The van der Waals surface area contributed by atoms with Crippen LogP contribution in [0.5, 0.6) is 0 Å². The molecule has 1 aliphatic rings. The highest BCUT2D eigenvalue weighted by Crippen LogP contribution is 2.55. The van der Waals surface area contributed by atoms with Gasteiger partial charge in [0.2, 0.25) is 0 Å². The van der Waals surface area contributed by atoms with Crippen LogP contribution in [0, 0.1) is 20.8 Å². The molecule has 8 heteroatoms. The average molecular weight is 379 g/mol. The van der Waals surface area contributed by atoms with Crippen LogP contribution >= 0.6 is 11.3 Å². The lowest BCUT2D eigenvalue weighted by Gasteiger charge is -2.03.